The van der Waals surface area contributed by atoms with Gasteiger partial charge in [-0.25, -0.2) is 0 Å². The fraction of sp³-hybridized carbons (Fsp3) is 0.350. The summed E-state index contributed by atoms with van der Waals surface area (Å²) in [4.78, 5) is 15.4. The van der Waals surface area contributed by atoms with Gasteiger partial charge < -0.3 is 27.7 Å². The first-order valence-electron chi connectivity index (χ1n) is 9.11. The standard InChI is InChI=1S/C20H25N5O2.ClH/c1-14-12-15(8-9-19(14)26)18(13-20(27)21-10-11-24(2)3)25-22-16-6-4-5-7-17(16)23-25;/h4-9,12,18,26H,10-11,13H2,1-3H3,(H,21,27);1H. The van der Waals surface area contributed by atoms with E-state index in [1.165, 1.54) is 4.90 Å². The van der Waals surface area contributed by atoms with Crippen LogP contribution >= 0.6 is 0 Å². The second kappa shape index (κ2) is 9.52. The van der Waals surface area contributed by atoms with E-state index in [1.54, 1.807) is 10.9 Å². The van der Waals surface area contributed by atoms with Gasteiger partial charge in [0.1, 0.15) is 22.8 Å². The number of aromatic hydroxyl groups is 1. The molecule has 8 heteroatoms. The van der Waals surface area contributed by atoms with Crippen molar-refractivity contribution in [1.29, 1.82) is 0 Å². The molecule has 0 fully saturated rings. The van der Waals surface area contributed by atoms with Gasteiger partial charge in [0.2, 0.25) is 5.91 Å². The number of carbonyl (C=O) groups is 1. The van der Waals surface area contributed by atoms with Crippen molar-refractivity contribution in [2.45, 2.75) is 19.4 Å². The minimum Gasteiger partial charge on any atom is -1.00 e. The number of phenolic OH excluding ortho intramolecular Hbond substituents is 1. The number of aromatic nitrogens is 3. The molecule has 1 atom stereocenters. The van der Waals surface area contributed by atoms with E-state index in [4.69, 9.17) is 0 Å². The van der Waals surface area contributed by atoms with Crippen molar-refractivity contribution in [3.05, 3.63) is 53.6 Å². The summed E-state index contributed by atoms with van der Waals surface area (Å²) in [5, 5.41) is 21.9. The summed E-state index contributed by atoms with van der Waals surface area (Å²) < 4.78 is 0. The van der Waals surface area contributed by atoms with Crippen LogP contribution in [0.25, 0.3) is 11.0 Å². The highest BCUT2D eigenvalue weighted by molar-refractivity contribution is 5.77. The fourth-order valence-corrected chi connectivity index (χ4v) is 2.93. The first-order chi connectivity index (χ1) is 12.9. The van der Waals surface area contributed by atoms with E-state index in [-0.39, 0.29) is 36.5 Å². The number of aryl methyl sites for hydroxylation is 1. The Kier molecular flexibility index (Phi) is 7.37. The number of hydrogen-bond acceptors (Lipinski definition) is 4. The molecule has 1 unspecified atom stereocenters. The van der Waals surface area contributed by atoms with Crippen LogP contribution in [0.4, 0.5) is 0 Å². The van der Waals surface area contributed by atoms with Crippen LogP contribution < -0.4 is 22.6 Å². The maximum absolute atomic E-state index is 12.5. The van der Waals surface area contributed by atoms with Gasteiger partial charge in [-0.2, -0.15) is 15.0 Å². The predicted molar refractivity (Wildman–Crippen MR) is 104 cm³/mol. The zero-order valence-corrected chi connectivity index (χ0v) is 17.1. The molecule has 28 heavy (non-hydrogen) atoms. The molecule has 0 aliphatic carbocycles. The molecule has 0 radical (unpaired) electrons. The molecule has 0 aliphatic rings. The largest absolute Gasteiger partial charge is 1.00 e. The predicted octanol–water partition coefficient (Wildman–Crippen LogP) is -2.31. The van der Waals surface area contributed by atoms with E-state index in [0.717, 1.165) is 28.7 Å². The lowest BCUT2D eigenvalue weighted by Gasteiger charge is -2.17. The first kappa shape index (κ1) is 21.7. The lowest BCUT2D eigenvalue weighted by molar-refractivity contribution is -0.856. The summed E-state index contributed by atoms with van der Waals surface area (Å²) in [6.07, 6.45) is 0.230. The molecule has 1 amide bonds. The van der Waals surface area contributed by atoms with E-state index in [9.17, 15) is 9.90 Å². The third-order valence-electron chi connectivity index (χ3n) is 4.51. The highest BCUT2D eigenvalue weighted by Gasteiger charge is 2.21. The van der Waals surface area contributed by atoms with Crippen LogP contribution in [0, 0.1) is 6.92 Å². The van der Waals surface area contributed by atoms with Crippen molar-refractivity contribution < 1.29 is 27.2 Å². The zero-order chi connectivity index (χ0) is 19.4. The second-order valence-corrected chi connectivity index (χ2v) is 7.08. The summed E-state index contributed by atoms with van der Waals surface area (Å²) in [6.45, 7) is 3.32. The van der Waals surface area contributed by atoms with Crippen LogP contribution in [0.1, 0.15) is 23.6 Å². The van der Waals surface area contributed by atoms with Crippen molar-refractivity contribution in [3.8, 4) is 5.75 Å². The molecule has 0 saturated carbocycles. The molecule has 0 spiro atoms. The normalized spacial score (nSPS) is 12.0. The quantitative estimate of drug-likeness (QED) is 0.414. The number of likely N-dealkylation sites (N-methyl/N-ethyl adjacent to an activating group) is 1. The van der Waals surface area contributed by atoms with E-state index >= 15 is 0 Å². The maximum atomic E-state index is 12.5. The molecule has 3 N–H and O–H groups in total. The smallest absolute Gasteiger partial charge is 0.222 e. The van der Waals surface area contributed by atoms with Crippen molar-refractivity contribution >= 4 is 16.9 Å². The molecular formula is C20H26ClN5O2. The van der Waals surface area contributed by atoms with Gasteiger partial charge in [-0.05, 0) is 36.2 Å². The van der Waals surface area contributed by atoms with Crippen molar-refractivity contribution in [2.75, 3.05) is 27.2 Å². The van der Waals surface area contributed by atoms with Crippen LogP contribution in [-0.4, -0.2) is 53.2 Å². The zero-order valence-electron chi connectivity index (χ0n) is 16.3. The maximum Gasteiger partial charge on any atom is 0.222 e. The van der Waals surface area contributed by atoms with Gasteiger partial charge >= 0.3 is 0 Å². The summed E-state index contributed by atoms with van der Waals surface area (Å²) in [5.74, 6) is 0.183. The molecule has 0 bridgehead atoms. The molecule has 0 saturated heterocycles. The Balaban J connectivity index is 0.00000280. The monoisotopic (exact) mass is 403 g/mol. The van der Waals surface area contributed by atoms with Gasteiger partial charge in [0.15, 0.2) is 0 Å². The van der Waals surface area contributed by atoms with Crippen molar-refractivity contribution in [1.82, 2.24) is 20.3 Å². The molecule has 7 nitrogen and oxygen atoms in total. The molecule has 150 valence electrons. The Labute approximate surface area is 170 Å². The minimum absolute atomic E-state index is 0. The summed E-state index contributed by atoms with van der Waals surface area (Å²) in [6, 6.07) is 12.6. The van der Waals surface area contributed by atoms with E-state index in [1.807, 2.05) is 57.4 Å². The van der Waals surface area contributed by atoms with Gasteiger partial charge in [0.05, 0.1) is 33.6 Å². The minimum atomic E-state index is -0.344. The number of halogens is 1. The number of nitrogens with zero attached hydrogens (tertiary/aromatic N) is 3. The average molecular weight is 404 g/mol. The van der Waals surface area contributed by atoms with Gasteiger partial charge in [0, 0.05) is 0 Å². The number of amides is 1. The second-order valence-electron chi connectivity index (χ2n) is 7.08. The number of benzene rings is 2. The SMILES string of the molecule is Cc1cc(C(CC(=O)NCC[NH+](C)C)n2nc3ccccc3n2)ccc1O.[Cl-]. The molecular weight excluding hydrogens is 378 g/mol. The number of fused-ring (bicyclic) bond motifs is 1. The van der Waals surface area contributed by atoms with E-state index < -0.39 is 0 Å². The third-order valence-corrected chi connectivity index (χ3v) is 4.51. The Morgan fingerprint density at radius 3 is 2.39 bits per heavy atom. The fourth-order valence-electron chi connectivity index (χ4n) is 2.93. The van der Waals surface area contributed by atoms with Crippen molar-refractivity contribution in [2.24, 2.45) is 0 Å². The average Bonchev–Trinajstić information content (AvgIpc) is 3.05. The molecule has 1 heterocycles. The Morgan fingerprint density at radius 1 is 1.18 bits per heavy atom. The lowest BCUT2D eigenvalue weighted by Crippen LogP contribution is -3.06. The summed E-state index contributed by atoms with van der Waals surface area (Å²) in [7, 11) is 4.10. The highest BCUT2D eigenvalue weighted by atomic mass is 35.5. The summed E-state index contributed by atoms with van der Waals surface area (Å²) in [5.41, 5.74) is 3.22. The van der Waals surface area contributed by atoms with Crippen LogP contribution in [0.5, 0.6) is 5.75 Å². The molecule has 2 aromatic carbocycles. The van der Waals surface area contributed by atoms with Crippen LogP contribution in [0.3, 0.4) is 0 Å². The van der Waals surface area contributed by atoms with Gasteiger partial charge in [-0.1, -0.05) is 24.3 Å². The van der Waals surface area contributed by atoms with Crippen molar-refractivity contribution in [3.63, 3.8) is 0 Å². The number of nitrogens with one attached hydrogen (secondary N) is 2. The number of carbonyl (C=O) groups excluding carboxylic acids is 1. The van der Waals surface area contributed by atoms with Gasteiger partial charge in [-0.15, -0.1) is 0 Å². The Bertz CT molecular complexity index is 908. The highest BCUT2D eigenvalue weighted by Crippen LogP contribution is 2.26. The van der Waals surface area contributed by atoms with Gasteiger partial charge in [-0.3, -0.25) is 4.79 Å². The number of quaternary nitrogens is 1. The molecule has 3 rings (SSSR count). The van der Waals surface area contributed by atoms with E-state index in [0.29, 0.717) is 6.54 Å². The topological polar surface area (TPSA) is 84.5 Å². The Morgan fingerprint density at radius 2 is 1.82 bits per heavy atom. The number of hydrogen-bond donors (Lipinski definition) is 3. The number of phenols is 1. The lowest BCUT2D eigenvalue weighted by atomic mass is 10.0. The first-order valence-corrected chi connectivity index (χ1v) is 9.11. The van der Waals surface area contributed by atoms with Crippen LogP contribution in [-0.2, 0) is 4.79 Å². The molecule has 3 aromatic rings. The Hall–Kier alpha value is -2.64. The number of rotatable bonds is 7. The molecule has 0 aliphatic heterocycles. The van der Waals surface area contributed by atoms with Gasteiger partial charge in [0.25, 0.3) is 0 Å². The third kappa shape index (κ3) is 5.21. The summed E-state index contributed by atoms with van der Waals surface area (Å²) >= 11 is 0. The van der Waals surface area contributed by atoms with E-state index in [2.05, 4.69) is 15.5 Å². The molecule has 1 aromatic heterocycles. The van der Waals surface area contributed by atoms with Crippen LogP contribution in [0.15, 0.2) is 42.5 Å². The van der Waals surface area contributed by atoms with Crippen LogP contribution in [0.2, 0.25) is 0 Å².